The Bertz CT molecular complexity index is 1250. The van der Waals surface area contributed by atoms with Crippen LogP contribution in [0.25, 0.3) is 5.82 Å². The van der Waals surface area contributed by atoms with Gasteiger partial charge in [-0.3, -0.25) is 4.79 Å². The molecule has 0 saturated carbocycles. The van der Waals surface area contributed by atoms with Gasteiger partial charge in [-0.05, 0) is 75.4 Å². The van der Waals surface area contributed by atoms with Crippen LogP contribution in [0.4, 0.5) is 5.69 Å². The van der Waals surface area contributed by atoms with Crippen LogP contribution in [0.2, 0.25) is 0 Å². The van der Waals surface area contributed by atoms with Crippen molar-refractivity contribution in [3.05, 3.63) is 83.4 Å². The summed E-state index contributed by atoms with van der Waals surface area (Å²) in [5, 5.41) is 7.33. The Kier molecular flexibility index (Phi) is 5.85. The minimum Gasteiger partial charge on any atom is -0.497 e. The second-order valence-corrected chi connectivity index (χ2v) is 7.26. The number of methoxy groups -OCH3 is 1. The molecule has 0 aliphatic heterocycles. The van der Waals surface area contributed by atoms with Gasteiger partial charge >= 0.3 is 0 Å². The number of anilines is 1. The van der Waals surface area contributed by atoms with Crippen molar-refractivity contribution >= 4 is 11.6 Å². The van der Waals surface area contributed by atoms with Crippen LogP contribution in [0.5, 0.6) is 17.4 Å². The molecule has 162 valence electrons. The molecule has 0 unspecified atom stereocenters. The lowest BCUT2D eigenvalue weighted by Gasteiger charge is -2.10. The molecule has 2 aromatic carbocycles. The number of ether oxygens (including phenoxy) is 2. The van der Waals surface area contributed by atoms with Crippen LogP contribution >= 0.6 is 0 Å². The Labute approximate surface area is 185 Å². The van der Waals surface area contributed by atoms with Gasteiger partial charge in [0.2, 0.25) is 5.88 Å². The van der Waals surface area contributed by atoms with Gasteiger partial charge in [0.25, 0.3) is 5.91 Å². The van der Waals surface area contributed by atoms with Gasteiger partial charge in [0, 0.05) is 23.0 Å². The molecular formula is C24H23N5O3. The molecule has 1 N–H and O–H groups in total. The summed E-state index contributed by atoms with van der Waals surface area (Å²) >= 11 is 0. The van der Waals surface area contributed by atoms with E-state index in [1.54, 1.807) is 73.3 Å². The van der Waals surface area contributed by atoms with Gasteiger partial charge in [-0.25, -0.2) is 9.67 Å². The first-order valence-corrected chi connectivity index (χ1v) is 10.0. The Balaban J connectivity index is 1.46. The SMILES string of the molecule is COc1ccc(C(=O)Nc2ccc(Oc3cc(-n4nc(C)cc4C)nc(C)n3)cc2)cc1. The zero-order valence-corrected chi connectivity index (χ0v) is 18.3. The van der Waals surface area contributed by atoms with Gasteiger partial charge in [-0.1, -0.05) is 0 Å². The lowest BCUT2D eigenvalue weighted by Crippen LogP contribution is -2.11. The van der Waals surface area contributed by atoms with Crippen molar-refractivity contribution in [2.45, 2.75) is 20.8 Å². The summed E-state index contributed by atoms with van der Waals surface area (Å²) in [5.41, 5.74) is 3.08. The summed E-state index contributed by atoms with van der Waals surface area (Å²) < 4.78 is 12.8. The Hall–Kier alpha value is -4.20. The molecule has 8 heteroatoms. The fourth-order valence-corrected chi connectivity index (χ4v) is 3.22. The monoisotopic (exact) mass is 429 g/mol. The van der Waals surface area contributed by atoms with Crippen molar-refractivity contribution in [2.75, 3.05) is 12.4 Å². The maximum atomic E-state index is 12.4. The standard InChI is InChI=1S/C24H23N5O3/c1-15-13-16(2)29(28-15)22-14-23(26-17(3)25-22)32-21-11-7-19(8-12-21)27-24(30)18-5-9-20(31-4)10-6-18/h5-14H,1-4H3,(H,27,30). The summed E-state index contributed by atoms with van der Waals surface area (Å²) in [6.45, 7) is 5.71. The second-order valence-electron chi connectivity index (χ2n) is 7.26. The number of amides is 1. The highest BCUT2D eigenvalue weighted by atomic mass is 16.5. The maximum Gasteiger partial charge on any atom is 0.255 e. The van der Waals surface area contributed by atoms with E-state index >= 15 is 0 Å². The molecule has 0 bridgehead atoms. The van der Waals surface area contributed by atoms with E-state index in [-0.39, 0.29) is 5.91 Å². The van der Waals surface area contributed by atoms with Crippen molar-refractivity contribution in [1.82, 2.24) is 19.7 Å². The number of hydrogen-bond acceptors (Lipinski definition) is 6. The number of hydrogen-bond donors (Lipinski definition) is 1. The lowest BCUT2D eigenvalue weighted by molar-refractivity contribution is 0.102. The maximum absolute atomic E-state index is 12.4. The van der Waals surface area contributed by atoms with E-state index in [1.807, 2.05) is 19.9 Å². The smallest absolute Gasteiger partial charge is 0.255 e. The predicted octanol–water partition coefficient (Wildman–Crippen LogP) is 4.64. The number of carbonyl (C=O) groups excluding carboxylic acids is 1. The molecule has 0 saturated heterocycles. The zero-order chi connectivity index (χ0) is 22.7. The number of benzene rings is 2. The van der Waals surface area contributed by atoms with E-state index in [1.165, 1.54) is 0 Å². The first kappa shape index (κ1) is 21.0. The van der Waals surface area contributed by atoms with Crippen LogP contribution in [-0.2, 0) is 0 Å². The molecule has 0 aliphatic carbocycles. The number of aryl methyl sites for hydroxylation is 3. The molecule has 0 aliphatic rings. The van der Waals surface area contributed by atoms with Crippen molar-refractivity contribution in [2.24, 2.45) is 0 Å². The highest BCUT2D eigenvalue weighted by Gasteiger charge is 2.11. The molecular weight excluding hydrogens is 406 g/mol. The molecule has 8 nitrogen and oxygen atoms in total. The molecule has 1 amide bonds. The number of rotatable bonds is 6. The molecule has 2 aromatic heterocycles. The van der Waals surface area contributed by atoms with Crippen LogP contribution in [0.1, 0.15) is 27.6 Å². The van der Waals surface area contributed by atoms with Crippen molar-refractivity contribution in [3.8, 4) is 23.2 Å². The highest BCUT2D eigenvalue weighted by Crippen LogP contribution is 2.24. The van der Waals surface area contributed by atoms with Gasteiger partial charge in [0.05, 0.1) is 12.8 Å². The molecule has 2 heterocycles. The van der Waals surface area contributed by atoms with Gasteiger partial charge in [0.15, 0.2) is 5.82 Å². The third-order valence-corrected chi connectivity index (χ3v) is 4.71. The highest BCUT2D eigenvalue weighted by molar-refractivity contribution is 6.04. The van der Waals surface area contributed by atoms with E-state index in [4.69, 9.17) is 9.47 Å². The Morgan fingerprint density at radius 3 is 2.22 bits per heavy atom. The largest absolute Gasteiger partial charge is 0.497 e. The summed E-state index contributed by atoms with van der Waals surface area (Å²) in [4.78, 5) is 21.2. The fraction of sp³-hybridized carbons (Fsp3) is 0.167. The Morgan fingerprint density at radius 2 is 1.59 bits per heavy atom. The fourth-order valence-electron chi connectivity index (χ4n) is 3.22. The molecule has 0 atom stereocenters. The van der Waals surface area contributed by atoms with Crippen LogP contribution in [0, 0.1) is 20.8 Å². The molecule has 32 heavy (non-hydrogen) atoms. The van der Waals surface area contributed by atoms with Crippen molar-refractivity contribution in [3.63, 3.8) is 0 Å². The van der Waals surface area contributed by atoms with E-state index in [2.05, 4.69) is 20.4 Å². The topological polar surface area (TPSA) is 91.2 Å². The number of nitrogens with zero attached hydrogens (tertiary/aromatic N) is 4. The van der Waals surface area contributed by atoms with Crippen LogP contribution in [0.15, 0.2) is 60.7 Å². The number of carbonyl (C=O) groups is 1. The average Bonchev–Trinajstić information content (AvgIpc) is 3.12. The van der Waals surface area contributed by atoms with Gasteiger partial charge in [0.1, 0.15) is 17.3 Å². The van der Waals surface area contributed by atoms with Gasteiger partial charge in [-0.15, -0.1) is 0 Å². The third kappa shape index (κ3) is 4.75. The summed E-state index contributed by atoms with van der Waals surface area (Å²) in [7, 11) is 1.58. The number of nitrogens with one attached hydrogen (secondary N) is 1. The average molecular weight is 429 g/mol. The van der Waals surface area contributed by atoms with Gasteiger partial charge in [-0.2, -0.15) is 10.1 Å². The second kappa shape index (κ2) is 8.89. The first-order valence-electron chi connectivity index (χ1n) is 10.0. The van der Waals surface area contributed by atoms with Crippen molar-refractivity contribution < 1.29 is 14.3 Å². The molecule has 0 fully saturated rings. The van der Waals surface area contributed by atoms with E-state index < -0.39 is 0 Å². The van der Waals surface area contributed by atoms with Gasteiger partial charge < -0.3 is 14.8 Å². The summed E-state index contributed by atoms with van der Waals surface area (Å²) in [5.74, 6) is 2.71. The van der Waals surface area contributed by atoms with Crippen LogP contribution in [-0.4, -0.2) is 32.8 Å². The normalized spacial score (nSPS) is 10.6. The molecule has 4 aromatic rings. The Morgan fingerprint density at radius 1 is 0.906 bits per heavy atom. The minimum absolute atomic E-state index is 0.206. The van der Waals surface area contributed by atoms with E-state index in [9.17, 15) is 4.79 Å². The van der Waals surface area contributed by atoms with Crippen LogP contribution in [0.3, 0.4) is 0 Å². The zero-order valence-electron chi connectivity index (χ0n) is 18.3. The summed E-state index contributed by atoms with van der Waals surface area (Å²) in [6, 6.07) is 17.7. The first-order chi connectivity index (χ1) is 15.4. The minimum atomic E-state index is -0.206. The van der Waals surface area contributed by atoms with Crippen LogP contribution < -0.4 is 14.8 Å². The quantitative estimate of drug-likeness (QED) is 0.480. The van der Waals surface area contributed by atoms with E-state index in [0.29, 0.717) is 40.3 Å². The molecule has 0 spiro atoms. The molecule has 4 rings (SSSR count). The predicted molar refractivity (Wildman–Crippen MR) is 121 cm³/mol. The third-order valence-electron chi connectivity index (χ3n) is 4.71. The number of aromatic nitrogens is 4. The molecule has 0 radical (unpaired) electrons. The summed E-state index contributed by atoms with van der Waals surface area (Å²) in [6.07, 6.45) is 0. The van der Waals surface area contributed by atoms with Crippen molar-refractivity contribution in [1.29, 1.82) is 0 Å². The van der Waals surface area contributed by atoms with E-state index in [0.717, 1.165) is 11.4 Å². The lowest BCUT2D eigenvalue weighted by atomic mass is 10.2.